The fourth-order valence-electron chi connectivity index (χ4n) is 2.59. The molecular weight excluding hydrogens is 308 g/mol. The highest BCUT2D eigenvalue weighted by atomic mass is 16.4. The molecule has 0 saturated carbocycles. The summed E-state index contributed by atoms with van der Waals surface area (Å²) in [6.45, 7) is 0. The van der Waals surface area contributed by atoms with Crippen LogP contribution in [0.15, 0.2) is 54.7 Å². The molecule has 1 amide bonds. The Morgan fingerprint density at radius 3 is 2.58 bits per heavy atom. The lowest BCUT2D eigenvalue weighted by molar-refractivity contribution is -0.139. The number of nitrogens with one attached hydrogen (secondary N) is 2. The number of carboxylic acids is 1. The summed E-state index contributed by atoms with van der Waals surface area (Å²) >= 11 is 0. The number of hydrogen-bond acceptors (Lipinski definition) is 3. The minimum Gasteiger partial charge on any atom is -0.508 e. The van der Waals surface area contributed by atoms with E-state index in [0.29, 0.717) is 11.1 Å². The van der Waals surface area contributed by atoms with Crippen molar-refractivity contribution in [3.05, 3.63) is 65.9 Å². The average molecular weight is 324 g/mol. The zero-order valence-electron chi connectivity index (χ0n) is 12.7. The number of fused-ring (bicyclic) bond motifs is 1. The summed E-state index contributed by atoms with van der Waals surface area (Å²) < 4.78 is 0. The van der Waals surface area contributed by atoms with E-state index in [1.807, 2.05) is 0 Å². The second kappa shape index (κ2) is 6.45. The number of hydrogen-bond donors (Lipinski definition) is 4. The Morgan fingerprint density at radius 1 is 1.12 bits per heavy atom. The van der Waals surface area contributed by atoms with E-state index in [1.165, 1.54) is 0 Å². The van der Waals surface area contributed by atoms with Crippen LogP contribution in [-0.4, -0.2) is 33.1 Å². The number of rotatable bonds is 5. The van der Waals surface area contributed by atoms with Crippen molar-refractivity contribution in [3.8, 4) is 5.75 Å². The fourth-order valence-corrected chi connectivity index (χ4v) is 2.59. The van der Waals surface area contributed by atoms with E-state index in [4.69, 9.17) is 0 Å². The standard InChI is InChI=1S/C18H16N2O4/c21-13-6-7-15-14(9-13)12(10-19-15)8-16(18(23)24)20-17(22)11-4-2-1-3-5-11/h1-7,9-10,16,19,21H,8H2,(H,20,22)(H,23,24). The van der Waals surface area contributed by atoms with E-state index in [-0.39, 0.29) is 12.2 Å². The van der Waals surface area contributed by atoms with Crippen molar-refractivity contribution >= 4 is 22.8 Å². The van der Waals surface area contributed by atoms with E-state index < -0.39 is 17.9 Å². The van der Waals surface area contributed by atoms with Gasteiger partial charge in [0, 0.05) is 29.1 Å². The predicted molar refractivity (Wildman–Crippen MR) is 89.0 cm³/mol. The molecule has 0 fully saturated rings. The first-order chi connectivity index (χ1) is 11.5. The van der Waals surface area contributed by atoms with Gasteiger partial charge in [-0.1, -0.05) is 18.2 Å². The van der Waals surface area contributed by atoms with Crippen LogP contribution in [0.5, 0.6) is 5.75 Å². The van der Waals surface area contributed by atoms with Crippen LogP contribution in [0.2, 0.25) is 0 Å². The van der Waals surface area contributed by atoms with E-state index in [9.17, 15) is 19.8 Å². The van der Waals surface area contributed by atoms with Gasteiger partial charge in [0.05, 0.1) is 0 Å². The number of aromatic hydroxyl groups is 1. The first-order valence-electron chi connectivity index (χ1n) is 7.42. The van der Waals surface area contributed by atoms with E-state index >= 15 is 0 Å². The lowest BCUT2D eigenvalue weighted by atomic mass is 10.0. The number of carbonyl (C=O) groups is 2. The lowest BCUT2D eigenvalue weighted by Crippen LogP contribution is -2.42. The van der Waals surface area contributed by atoms with Crippen LogP contribution in [-0.2, 0) is 11.2 Å². The largest absolute Gasteiger partial charge is 0.508 e. The second-order valence-electron chi connectivity index (χ2n) is 5.48. The highest BCUT2D eigenvalue weighted by Crippen LogP contribution is 2.24. The molecule has 1 unspecified atom stereocenters. The van der Waals surface area contributed by atoms with Crippen molar-refractivity contribution in [2.45, 2.75) is 12.5 Å². The lowest BCUT2D eigenvalue weighted by Gasteiger charge is -2.14. The molecule has 4 N–H and O–H groups in total. The van der Waals surface area contributed by atoms with Crippen molar-refractivity contribution < 1.29 is 19.8 Å². The number of H-pyrrole nitrogens is 1. The van der Waals surface area contributed by atoms with Gasteiger partial charge < -0.3 is 20.5 Å². The van der Waals surface area contributed by atoms with E-state index in [0.717, 1.165) is 10.9 Å². The first kappa shape index (κ1) is 15.6. The van der Waals surface area contributed by atoms with Gasteiger partial charge in [0.25, 0.3) is 5.91 Å². The van der Waals surface area contributed by atoms with Crippen molar-refractivity contribution in [2.75, 3.05) is 0 Å². The highest BCUT2D eigenvalue weighted by molar-refractivity contribution is 5.96. The maximum absolute atomic E-state index is 12.2. The third-order valence-corrected chi connectivity index (χ3v) is 3.81. The number of carboxylic acid groups (broad SMARTS) is 1. The Balaban J connectivity index is 1.82. The molecule has 3 rings (SSSR count). The summed E-state index contributed by atoms with van der Waals surface area (Å²) in [6, 6.07) is 12.2. The Morgan fingerprint density at radius 2 is 1.88 bits per heavy atom. The van der Waals surface area contributed by atoms with Crippen LogP contribution in [0.3, 0.4) is 0 Å². The summed E-state index contributed by atoms with van der Waals surface area (Å²) in [6.07, 6.45) is 1.80. The molecule has 0 aliphatic carbocycles. The van der Waals surface area contributed by atoms with Crippen molar-refractivity contribution in [2.24, 2.45) is 0 Å². The third-order valence-electron chi connectivity index (χ3n) is 3.81. The number of aliphatic carboxylic acids is 1. The smallest absolute Gasteiger partial charge is 0.326 e. The molecule has 0 spiro atoms. The van der Waals surface area contributed by atoms with Crippen molar-refractivity contribution in [3.63, 3.8) is 0 Å². The molecule has 2 aromatic carbocycles. The summed E-state index contributed by atoms with van der Waals surface area (Å²) in [7, 11) is 0. The monoisotopic (exact) mass is 324 g/mol. The van der Waals surface area contributed by atoms with Gasteiger partial charge in [0.1, 0.15) is 11.8 Å². The molecule has 0 aliphatic heterocycles. The molecule has 6 heteroatoms. The zero-order chi connectivity index (χ0) is 17.1. The summed E-state index contributed by atoms with van der Waals surface area (Å²) in [5.74, 6) is -1.46. The fraction of sp³-hybridized carbons (Fsp3) is 0.111. The summed E-state index contributed by atoms with van der Waals surface area (Å²) in [5.41, 5.74) is 1.91. The van der Waals surface area contributed by atoms with Crippen molar-refractivity contribution in [1.82, 2.24) is 10.3 Å². The van der Waals surface area contributed by atoms with E-state index in [2.05, 4.69) is 10.3 Å². The van der Waals surface area contributed by atoms with E-state index in [1.54, 1.807) is 54.7 Å². The molecule has 1 aromatic heterocycles. The maximum atomic E-state index is 12.2. The molecular formula is C18H16N2O4. The van der Waals surface area contributed by atoms with Gasteiger partial charge in [-0.3, -0.25) is 4.79 Å². The van der Waals surface area contributed by atoms with Gasteiger partial charge in [0.15, 0.2) is 0 Å². The number of aromatic amines is 1. The minimum absolute atomic E-state index is 0.101. The van der Waals surface area contributed by atoms with Crippen LogP contribution in [0.1, 0.15) is 15.9 Å². The Kier molecular flexibility index (Phi) is 4.20. The molecule has 1 atom stereocenters. The summed E-state index contributed by atoms with van der Waals surface area (Å²) in [5, 5.41) is 22.3. The number of benzene rings is 2. The van der Waals surface area contributed by atoms with Gasteiger partial charge in [-0.15, -0.1) is 0 Å². The molecule has 0 radical (unpaired) electrons. The molecule has 1 heterocycles. The average Bonchev–Trinajstić information content (AvgIpc) is 2.97. The molecule has 122 valence electrons. The second-order valence-corrected chi connectivity index (χ2v) is 5.48. The van der Waals surface area contributed by atoms with Crippen molar-refractivity contribution in [1.29, 1.82) is 0 Å². The number of carbonyl (C=O) groups excluding carboxylic acids is 1. The zero-order valence-corrected chi connectivity index (χ0v) is 12.7. The van der Waals surface area contributed by atoms with Gasteiger partial charge in [-0.05, 0) is 35.9 Å². The Bertz CT molecular complexity index is 886. The first-order valence-corrected chi connectivity index (χ1v) is 7.42. The molecule has 0 aliphatic rings. The quantitative estimate of drug-likeness (QED) is 0.578. The topological polar surface area (TPSA) is 102 Å². The van der Waals surface area contributed by atoms with Crippen LogP contribution in [0.4, 0.5) is 0 Å². The SMILES string of the molecule is O=C(NC(Cc1c[nH]c2ccc(O)cc12)C(=O)O)c1ccccc1. The number of aromatic nitrogens is 1. The van der Waals surface area contributed by atoms with Crippen LogP contribution in [0.25, 0.3) is 10.9 Å². The van der Waals surface area contributed by atoms with Crippen LogP contribution in [0, 0.1) is 0 Å². The molecule has 0 saturated heterocycles. The maximum Gasteiger partial charge on any atom is 0.326 e. The minimum atomic E-state index is -1.12. The van der Waals surface area contributed by atoms with Gasteiger partial charge in [-0.2, -0.15) is 0 Å². The highest BCUT2D eigenvalue weighted by Gasteiger charge is 2.22. The van der Waals surface area contributed by atoms with Crippen LogP contribution >= 0.6 is 0 Å². The molecule has 3 aromatic rings. The normalized spacial score (nSPS) is 12.0. The number of phenolic OH excluding ortho intramolecular Hbond substituents is 1. The third kappa shape index (κ3) is 3.22. The molecule has 24 heavy (non-hydrogen) atoms. The summed E-state index contributed by atoms with van der Waals surface area (Å²) in [4.78, 5) is 26.7. The van der Waals surface area contributed by atoms with Gasteiger partial charge in [0.2, 0.25) is 0 Å². The Labute approximate surface area is 137 Å². The molecule has 0 bridgehead atoms. The van der Waals surface area contributed by atoms with Crippen LogP contribution < -0.4 is 5.32 Å². The predicted octanol–water partition coefficient (Wildman–Crippen LogP) is 2.30. The number of amides is 1. The number of phenols is 1. The van der Waals surface area contributed by atoms with Gasteiger partial charge >= 0.3 is 5.97 Å². The Hall–Kier alpha value is -3.28. The van der Waals surface area contributed by atoms with Gasteiger partial charge in [-0.25, -0.2) is 4.79 Å². The molecule has 6 nitrogen and oxygen atoms in total.